The van der Waals surface area contributed by atoms with Crippen LogP contribution in [0, 0.1) is 11.8 Å². The normalized spacial score (nSPS) is 23.2. The predicted octanol–water partition coefficient (Wildman–Crippen LogP) is 0.827. The van der Waals surface area contributed by atoms with E-state index in [9.17, 15) is 14.7 Å². The van der Waals surface area contributed by atoms with Gasteiger partial charge < -0.3 is 15.7 Å². The maximum absolute atomic E-state index is 12.1. The number of benzene rings is 1. The molecule has 1 amide bonds. The van der Waals surface area contributed by atoms with Crippen molar-refractivity contribution in [3.8, 4) is 0 Å². The zero-order chi connectivity index (χ0) is 14.5. The van der Waals surface area contributed by atoms with E-state index in [0.29, 0.717) is 12.1 Å². The number of aliphatic carboxylic acids is 1. The summed E-state index contributed by atoms with van der Waals surface area (Å²) in [5.74, 6) is -1.47. The summed E-state index contributed by atoms with van der Waals surface area (Å²) in [5, 5.41) is 15.2. The minimum atomic E-state index is -0.922. The van der Waals surface area contributed by atoms with Gasteiger partial charge in [0.1, 0.15) is 0 Å². The van der Waals surface area contributed by atoms with Gasteiger partial charge in [-0.3, -0.25) is 9.59 Å². The molecular weight excluding hydrogens is 256 g/mol. The number of hydrogen-bond donors (Lipinski definition) is 3. The standard InChI is InChI=1S/C15H20N2O3/c1-10-7-16-8-12(10)14(18)17-9-13(15(19)20)11-5-3-2-4-6-11/h2-6,10,12-13,16H,7-9H2,1H3,(H,17,18)(H,19,20)/t10-,12-,13?/m1/s1. The molecule has 5 nitrogen and oxygen atoms in total. The molecule has 5 heteroatoms. The van der Waals surface area contributed by atoms with Crippen LogP contribution in [0.5, 0.6) is 0 Å². The number of nitrogens with one attached hydrogen (secondary N) is 2. The number of carbonyl (C=O) groups excluding carboxylic acids is 1. The molecule has 0 aliphatic carbocycles. The number of hydrogen-bond acceptors (Lipinski definition) is 3. The van der Waals surface area contributed by atoms with Crippen LogP contribution in [0.1, 0.15) is 18.4 Å². The van der Waals surface area contributed by atoms with E-state index >= 15 is 0 Å². The second-order valence-corrected chi connectivity index (χ2v) is 5.29. The molecule has 1 aromatic rings. The third kappa shape index (κ3) is 3.36. The van der Waals surface area contributed by atoms with Gasteiger partial charge in [-0.2, -0.15) is 0 Å². The van der Waals surface area contributed by atoms with Crippen molar-refractivity contribution in [1.82, 2.24) is 10.6 Å². The molecule has 1 aliphatic rings. The molecule has 3 N–H and O–H groups in total. The summed E-state index contributed by atoms with van der Waals surface area (Å²) in [6.07, 6.45) is 0. The van der Waals surface area contributed by atoms with E-state index in [2.05, 4.69) is 10.6 Å². The van der Waals surface area contributed by atoms with Crippen LogP contribution in [0.2, 0.25) is 0 Å². The molecule has 0 saturated carbocycles. The summed E-state index contributed by atoms with van der Waals surface area (Å²) in [7, 11) is 0. The summed E-state index contributed by atoms with van der Waals surface area (Å²) in [5.41, 5.74) is 0.706. The molecule has 1 aromatic carbocycles. The molecule has 1 aliphatic heterocycles. The van der Waals surface area contributed by atoms with Crippen LogP contribution in [0.25, 0.3) is 0 Å². The van der Waals surface area contributed by atoms with Crippen molar-refractivity contribution >= 4 is 11.9 Å². The van der Waals surface area contributed by atoms with E-state index in [1.807, 2.05) is 13.0 Å². The summed E-state index contributed by atoms with van der Waals surface area (Å²) in [4.78, 5) is 23.4. The molecule has 2 rings (SSSR count). The van der Waals surface area contributed by atoms with E-state index < -0.39 is 11.9 Å². The van der Waals surface area contributed by atoms with E-state index in [4.69, 9.17) is 0 Å². The first-order valence-corrected chi connectivity index (χ1v) is 6.85. The van der Waals surface area contributed by atoms with Crippen LogP contribution < -0.4 is 10.6 Å². The Morgan fingerprint density at radius 3 is 2.60 bits per heavy atom. The average molecular weight is 276 g/mol. The monoisotopic (exact) mass is 276 g/mol. The number of carboxylic acid groups (broad SMARTS) is 1. The van der Waals surface area contributed by atoms with E-state index in [1.165, 1.54) is 0 Å². The number of rotatable bonds is 5. The van der Waals surface area contributed by atoms with E-state index in [-0.39, 0.29) is 24.3 Å². The molecular formula is C15H20N2O3. The van der Waals surface area contributed by atoms with Crippen molar-refractivity contribution in [1.29, 1.82) is 0 Å². The van der Waals surface area contributed by atoms with E-state index in [1.54, 1.807) is 24.3 Å². The van der Waals surface area contributed by atoms with Gasteiger partial charge in [0, 0.05) is 13.1 Å². The van der Waals surface area contributed by atoms with Gasteiger partial charge in [-0.05, 0) is 18.0 Å². The summed E-state index contributed by atoms with van der Waals surface area (Å²) >= 11 is 0. The first kappa shape index (κ1) is 14.5. The second kappa shape index (κ2) is 6.52. The Morgan fingerprint density at radius 1 is 1.35 bits per heavy atom. The highest BCUT2D eigenvalue weighted by Crippen LogP contribution is 2.18. The summed E-state index contributed by atoms with van der Waals surface area (Å²) in [6, 6.07) is 8.98. The van der Waals surface area contributed by atoms with E-state index in [0.717, 1.165) is 6.54 Å². The second-order valence-electron chi connectivity index (χ2n) is 5.29. The summed E-state index contributed by atoms with van der Waals surface area (Å²) in [6.45, 7) is 3.65. The van der Waals surface area contributed by atoms with Gasteiger partial charge in [-0.15, -0.1) is 0 Å². The fourth-order valence-corrected chi connectivity index (χ4v) is 2.53. The van der Waals surface area contributed by atoms with Gasteiger partial charge in [-0.1, -0.05) is 37.3 Å². The van der Waals surface area contributed by atoms with Gasteiger partial charge in [0.25, 0.3) is 0 Å². The molecule has 20 heavy (non-hydrogen) atoms. The number of amides is 1. The molecule has 3 atom stereocenters. The molecule has 0 radical (unpaired) electrons. The van der Waals surface area contributed by atoms with Crippen molar-refractivity contribution in [3.63, 3.8) is 0 Å². The topological polar surface area (TPSA) is 78.4 Å². The van der Waals surface area contributed by atoms with Gasteiger partial charge in [0.15, 0.2) is 0 Å². The lowest BCUT2D eigenvalue weighted by Crippen LogP contribution is -2.38. The van der Waals surface area contributed by atoms with Crippen LogP contribution in [-0.4, -0.2) is 36.6 Å². The Labute approximate surface area is 118 Å². The van der Waals surface area contributed by atoms with Crippen LogP contribution in [0.4, 0.5) is 0 Å². The number of carboxylic acids is 1. The largest absolute Gasteiger partial charge is 0.481 e. The first-order chi connectivity index (χ1) is 9.59. The summed E-state index contributed by atoms with van der Waals surface area (Å²) < 4.78 is 0. The highest BCUT2D eigenvalue weighted by molar-refractivity contribution is 5.81. The molecule has 0 spiro atoms. The lowest BCUT2D eigenvalue weighted by Gasteiger charge is -2.17. The van der Waals surface area contributed by atoms with Gasteiger partial charge in [-0.25, -0.2) is 0 Å². The predicted molar refractivity (Wildman–Crippen MR) is 75.4 cm³/mol. The SMILES string of the molecule is C[C@@H]1CNC[C@H]1C(=O)NCC(C(=O)O)c1ccccc1. The van der Waals surface area contributed by atoms with Crippen molar-refractivity contribution in [3.05, 3.63) is 35.9 Å². The molecule has 1 heterocycles. The molecule has 0 aromatic heterocycles. The van der Waals surface area contributed by atoms with Crippen molar-refractivity contribution in [2.75, 3.05) is 19.6 Å². The van der Waals surface area contributed by atoms with Crippen LogP contribution in [0.15, 0.2) is 30.3 Å². The van der Waals surface area contributed by atoms with Crippen molar-refractivity contribution < 1.29 is 14.7 Å². The Hall–Kier alpha value is -1.88. The molecule has 1 fully saturated rings. The first-order valence-electron chi connectivity index (χ1n) is 6.85. The molecule has 1 saturated heterocycles. The highest BCUT2D eigenvalue weighted by Gasteiger charge is 2.30. The smallest absolute Gasteiger partial charge is 0.312 e. The Balaban J connectivity index is 1.96. The molecule has 0 bridgehead atoms. The lowest BCUT2D eigenvalue weighted by atomic mass is 9.96. The van der Waals surface area contributed by atoms with Crippen LogP contribution >= 0.6 is 0 Å². The Morgan fingerprint density at radius 2 is 2.05 bits per heavy atom. The average Bonchev–Trinajstić information content (AvgIpc) is 2.86. The fourth-order valence-electron chi connectivity index (χ4n) is 2.53. The zero-order valence-corrected chi connectivity index (χ0v) is 11.5. The zero-order valence-electron chi connectivity index (χ0n) is 11.5. The van der Waals surface area contributed by atoms with Gasteiger partial charge in [0.2, 0.25) is 5.91 Å². The minimum Gasteiger partial charge on any atom is -0.481 e. The van der Waals surface area contributed by atoms with Gasteiger partial charge in [0.05, 0.1) is 11.8 Å². The fraction of sp³-hybridized carbons (Fsp3) is 0.467. The van der Waals surface area contributed by atoms with Crippen LogP contribution in [0.3, 0.4) is 0 Å². The quantitative estimate of drug-likeness (QED) is 0.744. The van der Waals surface area contributed by atoms with Gasteiger partial charge >= 0.3 is 5.97 Å². The third-order valence-electron chi connectivity index (χ3n) is 3.83. The van der Waals surface area contributed by atoms with Crippen molar-refractivity contribution in [2.45, 2.75) is 12.8 Å². The maximum atomic E-state index is 12.1. The third-order valence-corrected chi connectivity index (χ3v) is 3.83. The van der Waals surface area contributed by atoms with Crippen LogP contribution in [-0.2, 0) is 9.59 Å². The Kier molecular flexibility index (Phi) is 4.74. The number of carbonyl (C=O) groups is 2. The highest BCUT2D eigenvalue weighted by atomic mass is 16.4. The molecule has 108 valence electrons. The Bertz CT molecular complexity index is 475. The molecule has 1 unspecified atom stereocenters. The van der Waals surface area contributed by atoms with Crippen molar-refractivity contribution in [2.24, 2.45) is 11.8 Å². The minimum absolute atomic E-state index is 0.0651. The maximum Gasteiger partial charge on any atom is 0.312 e. The lowest BCUT2D eigenvalue weighted by molar-refractivity contribution is -0.138.